The first-order valence-corrected chi connectivity index (χ1v) is 9.42. The molecule has 2 fully saturated rings. The molecule has 6 heteroatoms. The maximum atomic E-state index is 13.0. The Kier molecular flexibility index (Phi) is 5.51. The molecule has 3 rings (SSSR count). The molecule has 2 aliphatic rings. The molecule has 1 aromatic carbocycles. The quantitative estimate of drug-likeness (QED) is 0.860. The molecule has 0 aliphatic carbocycles. The number of rotatable bonds is 4. The van der Waals surface area contributed by atoms with Crippen molar-refractivity contribution in [2.24, 2.45) is 5.41 Å². The van der Waals surface area contributed by atoms with Gasteiger partial charge in [0.25, 0.3) is 5.91 Å². The molecule has 2 amide bonds. The fourth-order valence-corrected chi connectivity index (χ4v) is 4.31. The Morgan fingerprint density at radius 3 is 2.85 bits per heavy atom. The molecule has 0 bridgehead atoms. The first-order valence-electron chi connectivity index (χ1n) is 9.42. The highest BCUT2D eigenvalue weighted by atomic mass is 16.3. The summed E-state index contributed by atoms with van der Waals surface area (Å²) in [7, 11) is 0. The smallest absolute Gasteiger partial charge is 0.254 e. The van der Waals surface area contributed by atoms with Crippen molar-refractivity contribution in [2.45, 2.75) is 39.0 Å². The minimum Gasteiger partial charge on any atom is -0.508 e. The Morgan fingerprint density at radius 1 is 1.27 bits per heavy atom. The van der Waals surface area contributed by atoms with Crippen molar-refractivity contribution in [3.63, 3.8) is 0 Å². The second kappa shape index (κ2) is 7.66. The van der Waals surface area contributed by atoms with Gasteiger partial charge in [-0.2, -0.15) is 0 Å². The molecule has 0 aromatic heterocycles. The van der Waals surface area contributed by atoms with Gasteiger partial charge < -0.3 is 20.0 Å². The SMILES string of the molecule is Cc1c(O)cccc1C(=O)N1CCCC2(CCC(=O)N(CCCO)C2)C1. The summed E-state index contributed by atoms with van der Waals surface area (Å²) in [5, 5.41) is 19.0. The molecule has 1 aromatic rings. The molecular formula is C20H28N2O4. The predicted octanol–water partition coefficient (Wildman–Crippen LogP) is 1.93. The van der Waals surface area contributed by atoms with Crippen LogP contribution in [0.4, 0.5) is 0 Å². The van der Waals surface area contributed by atoms with Gasteiger partial charge in [0.2, 0.25) is 5.91 Å². The number of benzene rings is 1. The first kappa shape index (κ1) is 18.7. The minimum atomic E-state index is -0.0536. The fraction of sp³-hybridized carbons (Fsp3) is 0.600. The van der Waals surface area contributed by atoms with Gasteiger partial charge in [0.1, 0.15) is 5.75 Å². The van der Waals surface area contributed by atoms with Crippen molar-refractivity contribution < 1.29 is 19.8 Å². The topological polar surface area (TPSA) is 81.1 Å². The molecule has 26 heavy (non-hydrogen) atoms. The third-order valence-electron chi connectivity index (χ3n) is 5.82. The maximum Gasteiger partial charge on any atom is 0.254 e. The zero-order chi connectivity index (χ0) is 18.7. The second-order valence-corrected chi connectivity index (χ2v) is 7.67. The molecule has 1 atom stereocenters. The third kappa shape index (κ3) is 3.70. The molecular weight excluding hydrogens is 332 g/mol. The summed E-state index contributed by atoms with van der Waals surface area (Å²) < 4.78 is 0. The number of carbonyl (C=O) groups is 2. The number of nitrogens with zero attached hydrogens (tertiary/aromatic N) is 2. The highest BCUT2D eigenvalue weighted by Gasteiger charge is 2.42. The third-order valence-corrected chi connectivity index (χ3v) is 5.82. The maximum absolute atomic E-state index is 13.0. The Morgan fingerprint density at radius 2 is 2.08 bits per heavy atom. The second-order valence-electron chi connectivity index (χ2n) is 7.67. The van der Waals surface area contributed by atoms with E-state index in [0.717, 1.165) is 19.3 Å². The largest absolute Gasteiger partial charge is 0.508 e. The van der Waals surface area contributed by atoms with Crippen LogP contribution < -0.4 is 0 Å². The van der Waals surface area contributed by atoms with Crippen LogP contribution in [0.1, 0.15) is 48.0 Å². The molecule has 2 heterocycles. The van der Waals surface area contributed by atoms with E-state index >= 15 is 0 Å². The number of phenolic OH excluding ortho intramolecular Hbond substituents is 1. The molecule has 1 spiro atoms. The van der Waals surface area contributed by atoms with Gasteiger partial charge >= 0.3 is 0 Å². The first-order chi connectivity index (χ1) is 12.5. The van der Waals surface area contributed by atoms with E-state index in [-0.39, 0.29) is 29.6 Å². The van der Waals surface area contributed by atoms with E-state index < -0.39 is 0 Å². The van der Waals surface area contributed by atoms with Crippen LogP contribution in [0.15, 0.2) is 18.2 Å². The van der Waals surface area contributed by atoms with Crippen LogP contribution in [-0.4, -0.2) is 64.6 Å². The summed E-state index contributed by atoms with van der Waals surface area (Å²) in [6.45, 7) is 4.44. The molecule has 2 saturated heterocycles. The summed E-state index contributed by atoms with van der Waals surface area (Å²) in [6, 6.07) is 5.05. The van der Waals surface area contributed by atoms with Crippen molar-refractivity contribution in [3.05, 3.63) is 29.3 Å². The number of aromatic hydroxyl groups is 1. The van der Waals surface area contributed by atoms with Crippen LogP contribution >= 0.6 is 0 Å². The number of hydrogen-bond donors (Lipinski definition) is 2. The number of amides is 2. The Bertz CT molecular complexity index is 690. The Hall–Kier alpha value is -2.08. The lowest BCUT2D eigenvalue weighted by atomic mass is 9.73. The zero-order valence-electron chi connectivity index (χ0n) is 15.4. The van der Waals surface area contributed by atoms with Crippen molar-refractivity contribution in [2.75, 3.05) is 32.8 Å². The Labute approximate surface area is 154 Å². The molecule has 1 unspecified atom stereocenters. The van der Waals surface area contributed by atoms with E-state index in [1.165, 1.54) is 0 Å². The van der Waals surface area contributed by atoms with Gasteiger partial charge in [-0.1, -0.05) is 6.07 Å². The van der Waals surface area contributed by atoms with Gasteiger partial charge in [-0.25, -0.2) is 0 Å². The minimum absolute atomic E-state index is 0.0451. The van der Waals surface area contributed by atoms with Crippen LogP contribution in [0.25, 0.3) is 0 Å². The lowest BCUT2D eigenvalue weighted by molar-refractivity contribution is -0.139. The van der Waals surface area contributed by atoms with Crippen LogP contribution in [0.3, 0.4) is 0 Å². The molecule has 2 aliphatic heterocycles. The molecule has 2 N–H and O–H groups in total. The van der Waals surface area contributed by atoms with Crippen molar-refractivity contribution in [1.82, 2.24) is 9.80 Å². The average Bonchev–Trinajstić information content (AvgIpc) is 2.64. The lowest BCUT2D eigenvalue weighted by Crippen LogP contribution is -2.55. The van der Waals surface area contributed by atoms with Crippen LogP contribution in [-0.2, 0) is 4.79 Å². The molecule has 0 saturated carbocycles. The van der Waals surface area contributed by atoms with E-state index in [2.05, 4.69) is 0 Å². The van der Waals surface area contributed by atoms with Crippen LogP contribution in [0.2, 0.25) is 0 Å². The number of phenols is 1. The summed E-state index contributed by atoms with van der Waals surface area (Å²) in [5.74, 6) is 0.244. The van der Waals surface area contributed by atoms with Crippen LogP contribution in [0, 0.1) is 12.3 Å². The van der Waals surface area contributed by atoms with Crippen molar-refractivity contribution in [3.8, 4) is 5.75 Å². The van der Waals surface area contributed by atoms with Gasteiger partial charge in [0.15, 0.2) is 0 Å². The number of aliphatic hydroxyl groups is 1. The lowest BCUT2D eigenvalue weighted by Gasteiger charge is -2.48. The Balaban J connectivity index is 1.75. The van der Waals surface area contributed by atoms with Gasteiger partial charge in [-0.15, -0.1) is 0 Å². The van der Waals surface area contributed by atoms with Gasteiger partial charge in [0, 0.05) is 55.7 Å². The van der Waals surface area contributed by atoms with E-state index in [9.17, 15) is 14.7 Å². The van der Waals surface area contributed by atoms with E-state index in [1.54, 1.807) is 25.1 Å². The average molecular weight is 360 g/mol. The molecule has 6 nitrogen and oxygen atoms in total. The van der Waals surface area contributed by atoms with E-state index in [1.807, 2.05) is 9.80 Å². The number of hydrogen-bond acceptors (Lipinski definition) is 4. The van der Waals surface area contributed by atoms with Gasteiger partial charge in [0.05, 0.1) is 0 Å². The number of carbonyl (C=O) groups excluding carboxylic acids is 2. The number of likely N-dealkylation sites (tertiary alicyclic amines) is 2. The van der Waals surface area contributed by atoms with E-state index in [4.69, 9.17) is 5.11 Å². The van der Waals surface area contributed by atoms with Gasteiger partial charge in [-0.3, -0.25) is 9.59 Å². The normalized spacial score (nSPS) is 23.5. The summed E-state index contributed by atoms with van der Waals surface area (Å²) >= 11 is 0. The monoisotopic (exact) mass is 360 g/mol. The highest BCUT2D eigenvalue weighted by Crippen LogP contribution is 2.39. The molecule has 142 valence electrons. The standard InChI is InChI=1S/C20H28N2O4/c1-15-16(5-2-6-17(15)24)19(26)22-10-3-8-20(14-22)9-7-18(25)21(13-20)11-4-12-23/h2,5-6,23-24H,3-4,7-14H2,1H3. The zero-order valence-corrected chi connectivity index (χ0v) is 15.4. The number of aliphatic hydroxyl groups excluding tert-OH is 1. The van der Waals surface area contributed by atoms with Crippen molar-refractivity contribution >= 4 is 11.8 Å². The summed E-state index contributed by atoms with van der Waals surface area (Å²) in [5.41, 5.74) is 1.11. The van der Waals surface area contributed by atoms with Crippen molar-refractivity contribution in [1.29, 1.82) is 0 Å². The van der Waals surface area contributed by atoms with Crippen LogP contribution in [0.5, 0.6) is 5.75 Å². The van der Waals surface area contributed by atoms with Gasteiger partial charge in [-0.05, 0) is 44.7 Å². The summed E-state index contributed by atoms with van der Waals surface area (Å²) in [6.07, 6.45) is 3.85. The predicted molar refractivity (Wildman–Crippen MR) is 97.9 cm³/mol. The fourth-order valence-electron chi connectivity index (χ4n) is 4.31. The highest BCUT2D eigenvalue weighted by molar-refractivity contribution is 5.96. The molecule has 0 radical (unpaired) electrons. The summed E-state index contributed by atoms with van der Waals surface area (Å²) in [4.78, 5) is 28.9. The van der Waals surface area contributed by atoms with E-state index in [0.29, 0.717) is 50.1 Å². The number of piperidine rings is 2.